The van der Waals surface area contributed by atoms with Crippen LogP contribution in [-0.2, 0) is 0 Å². The summed E-state index contributed by atoms with van der Waals surface area (Å²) >= 11 is 0. The molecule has 1 heteroatoms. The van der Waals surface area contributed by atoms with Crippen LogP contribution in [0.25, 0.3) is 0 Å². The third-order valence-corrected chi connectivity index (χ3v) is 5.84. The maximum absolute atomic E-state index is 9.75. The molecule has 3 atom stereocenters. The van der Waals surface area contributed by atoms with Gasteiger partial charge in [-0.1, -0.05) is 32.6 Å². The minimum Gasteiger partial charge on any atom is -0.390 e. The van der Waals surface area contributed by atoms with Crippen molar-refractivity contribution in [1.82, 2.24) is 0 Å². The first-order valence-electron chi connectivity index (χ1n) is 8.14. The van der Waals surface area contributed by atoms with Crippen molar-refractivity contribution < 1.29 is 5.11 Å². The molecular weight excluding hydrogens is 220 g/mol. The fraction of sp³-hybridized carbons (Fsp3) is 1.00. The molecule has 0 radical (unpaired) electrons. The van der Waals surface area contributed by atoms with Crippen molar-refractivity contribution in [3.8, 4) is 0 Å². The second-order valence-corrected chi connectivity index (χ2v) is 7.78. The van der Waals surface area contributed by atoms with Gasteiger partial charge in [-0.15, -0.1) is 0 Å². The van der Waals surface area contributed by atoms with Gasteiger partial charge in [0, 0.05) is 0 Å². The summed E-state index contributed by atoms with van der Waals surface area (Å²) in [7, 11) is 0. The summed E-state index contributed by atoms with van der Waals surface area (Å²) in [5.74, 6) is 2.01. The van der Waals surface area contributed by atoms with Crippen molar-refractivity contribution in [2.24, 2.45) is 17.3 Å². The Morgan fingerprint density at radius 2 is 1.89 bits per heavy atom. The Kier molecular flexibility index (Phi) is 4.41. The normalized spacial score (nSPS) is 36.7. The Morgan fingerprint density at radius 1 is 1.11 bits per heavy atom. The summed E-state index contributed by atoms with van der Waals surface area (Å²) in [4.78, 5) is 0. The Labute approximate surface area is 113 Å². The van der Waals surface area contributed by atoms with Crippen LogP contribution in [0.2, 0.25) is 0 Å². The van der Waals surface area contributed by atoms with Crippen molar-refractivity contribution >= 4 is 0 Å². The van der Waals surface area contributed by atoms with Crippen LogP contribution in [0.15, 0.2) is 0 Å². The topological polar surface area (TPSA) is 20.2 Å². The van der Waals surface area contributed by atoms with Crippen molar-refractivity contribution in [2.75, 3.05) is 0 Å². The number of aliphatic hydroxyl groups is 1. The van der Waals surface area contributed by atoms with Gasteiger partial charge >= 0.3 is 0 Å². The molecule has 2 unspecified atom stereocenters. The number of hydrogen-bond acceptors (Lipinski definition) is 1. The second kappa shape index (κ2) is 5.53. The zero-order valence-electron chi connectivity index (χ0n) is 12.7. The molecular formula is C17H32O. The van der Waals surface area contributed by atoms with Crippen LogP contribution < -0.4 is 0 Å². The van der Waals surface area contributed by atoms with E-state index in [1.807, 2.05) is 13.8 Å². The van der Waals surface area contributed by atoms with Gasteiger partial charge in [0.05, 0.1) is 5.60 Å². The smallest absolute Gasteiger partial charge is 0.0591 e. The lowest BCUT2D eigenvalue weighted by Gasteiger charge is -2.41. The molecule has 0 bridgehead atoms. The molecule has 0 spiro atoms. The van der Waals surface area contributed by atoms with Gasteiger partial charge in [0.1, 0.15) is 0 Å². The highest BCUT2D eigenvalue weighted by Crippen LogP contribution is 2.56. The van der Waals surface area contributed by atoms with E-state index in [0.29, 0.717) is 5.41 Å². The van der Waals surface area contributed by atoms with E-state index in [1.54, 1.807) is 0 Å². The van der Waals surface area contributed by atoms with Crippen LogP contribution in [0.4, 0.5) is 0 Å². The molecule has 1 N–H and O–H groups in total. The lowest BCUT2D eigenvalue weighted by Crippen LogP contribution is -2.31. The van der Waals surface area contributed by atoms with Gasteiger partial charge in [-0.25, -0.2) is 0 Å². The highest BCUT2D eigenvalue weighted by Gasteiger charge is 2.46. The Morgan fingerprint density at radius 3 is 2.61 bits per heavy atom. The third kappa shape index (κ3) is 3.29. The van der Waals surface area contributed by atoms with E-state index in [9.17, 15) is 5.11 Å². The van der Waals surface area contributed by atoms with Crippen LogP contribution in [0, 0.1) is 17.3 Å². The van der Waals surface area contributed by atoms with E-state index in [0.717, 1.165) is 18.3 Å². The highest BCUT2D eigenvalue weighted by molar-refractivity contribution is 4.96. The third-order valence-electron chi connectivity index (χ3n) is 5.84. The summed E-state index contributed by atoms with van der Waals surface area (Å²) < 4.78 is 0. The number of hydrogen-bond donors (Lipinski definition) is 1. The molecule has 2 aliphatic carbocycles. The minimum atomic E-state index is -0.465. The number of unbranched alkanes of at least 4 members (excludes halogenated alkanes) is 1. The lowest BCUT2D eigenvalue weighted by atomic mass is 9.64. The Bertz CT molecular complexity index is 265. The molecule has 2 saturated carbocycles. The molecule has 2 rings (SSSR count). The van der Waals surface area contributed by atoms with Gasteiger partial charge in [0.15, 0.2) is 0 Å². The molecule has 1 nitrogen and oxygen atoms in total. The SMILES string of the molecule is CC(C)(O)CCCCC1CCC2CCCC[C@]12C. The average Bonchev–Trinajstić information content (AvgIpc) is 2.60. The van der Waals surface area contributed by atoms with Gasteiger partial charge < -0.3 is 5.11 Å². The molecule has 0 aliphatic heterocycles. The van der Waals surface area contributed by atoms with E-state index in [4.69, 9.17) is 0 Å². The molecule has 0 aromatic rings. The van der Waals surface area contributed by atoms with Crippen molar-refractivity contribution in [1.29, 1.82) is 0 Å². The van der Waals surface area contributed by atoms with Crippen molar-refractivity contribution in [3.63, 3.8) is 0 Å². The van der Waals surface area contributed by atoms with Crippen LogP contribution in [0.1, 0.15) is 85.0 Å². The maximum atomic E-state index is 9.75. The van der Waals surface area contributed by atoms with Crippen molar-refractivity contribution in [2.45, 2.75) is 90.6 Å². The highest BCUT2D eigenvalue weighted by atomic mass is 16.3. The predicted octanol–water partition coefficient (Wildman–Crippen LogP) is 4.92. The van der Waals surface area contributed by atoms with Crippen LogP contribution in [0.5, 0.6) is 0 Å². The van der Waals surface area contributed by atoms with Gasteiger partial charge in [-0.3, -0.25) is 0 Å². The van der Waals surface area contributed by atoms with Crippen LogP contribution in [-0.4, -0.2) is 10.7 Å². The van der Waals surface area contributed by atoms with Crippen LogP contribution >= 0.6 is 0 Å². The van der Waals surface area contributed by atoms with E-state index in [1.165, 1.54) is 57.8 Å². The molecule has 2 fully saturated rings. The summed E-state index contributed by atoms with van der Waals surface area (Å²) in [6.45, 7) is 6.44. The average molecular weight is 252 g/mol. The summed E-state index contributed by atoms with van der Waals surface area (Å²) in [6, 6.07) is 0. The van der Waals surface area contributed by atoms with Gasteiger partial charge in [-0.05, 0) is 69.6 Å². The summed E-state index contributed by atoms with van der Waals surface area (Å²) in [5.41, 5.74) is 0.208. The molecule has 0 aromatic heterocycles. The quantitative estimate of drug-likeness (QED) is 0.688. The standard InChI is InChI=1S/C17H32O/c1-16(2,18)12-6-4-8-14-10-11-15-9-5-7-13-17(14,15)3/h14-15,18H,4-13H2,1-3H3/t14?,15?,17-/m1/s1. The zero-order chi connectivity index (χ0) is 13.2. The Hall–Kier alpha value is -0.0400. The largest absolute Gasteiger partial charge is 0.390 e. The lowest BCUT2D eigenvalue weighted by molar-refractivity contribution is 0.0642. The summed E-state index contributed by atoms with van der Waals surface area (Å²) in [6.07, 6.45) is 13.8. The molecule has 0 aromatic carbocycles. The Balaban J connectivity index is 1.76. The van der Waals surface area contributed by atoms with E-state index in [2.05, 4.69) is 6.92 Å². The van der Waals surface area contributed by atoms with Gasteiger partial charge in [0.2, 0.25) is 0 Å². The first-order valence-corrected chi connectivity index (χ1v) is 8.14. The second-order valence-electron chi connectivity index (χ2n) is 7.78. The van der Waals surface area contributed by atoms with Gasteiger partial charge in [0.25, 0.3) is 0 Å². The van der Waals surface area contributed by atoms with Gasteiger partial charge in [-0.2, -0.15) is 0 Å². The van der Waals surface area contributed by atoms with E-state index < -0.39 is 5.60 Å². The fourth-order valence-corrected chi connectivity index (χ4v) is 4.60. The summed E-state index contributed by atoms with van der Waals surface area (Å²) in [5, 5.41) is 9.75. The molecule has 18 heavy (non-hydrogen) atoms. The monoisotopic (exact) mass is 252 g/mol. The van der Waals surface area contributed by atoms with Crippen LogP contribution in [0.3, 0.4) is 0 Å². The van der Waals surface area contributed by atoms with E-state index in [-0.39, 0.29) is 0 Å². The minimum absolute atomic E-state index is 0.465. The zero-order valence-corrected chi connectivity index (χ0v) is 12.7. The first-order chi connectivity index (χ1) is 8.42. The predicted molar refractivity (Wildman–Crippen MR) is 77.6 cm³/mol. The van der Waals surface area contributed by atoms with Crippen molar-refractivity contribution in [3.05, 3.63) is 0 Å². The fourth-order valence-electron chi connectivity index (χ4n) is 4.60. The molecule has 0 amide bonds. The first kappa shape index (κ1) is 14.4. The maximum Gasteiger partial charge on any atom is 0.0591 e. The molecule has 2 aliphatic rings. The molecule has 106 valence electrons. The van der Waals surface area contributed by atoms with E-state index >= 15 is 0 Å². The molecule has 0 saturated heterocycles. The molecule has 0 heterocycles. The number of rotatable bonds is 5. The number of fused-ring (bicyclic) bond motifs is 1.